The van der Waals surface area contributed by atoms with Crippen molar-refractivity contribution < 1.29 is 14.2 Å². The zero-order chi connectivity index (χ0) is 22.8. The molecular formula is C25H28FN5O2. The molecule has 2 N–H and O–H groups in total. The molecule has 5 rings (SSSR count). The van der Waals surface area contributed by atoms with Gasteiger partial charge in [-0.05, 0) is 67.9 Å². The molecule has 1 atom stereocenters. The van der Waals surface area contributed by atoms with Crippen LogP contribution in [-0.2, 0) is 6.54 Å². The highest BCUT2D eigenvalue weighted by atomic mass is 19.1. The average Bonchev–Trinajstić information content (AvgIpc) is 3.24. The highest BCUT2D eigenvalue weighted by molar-refractivity contribution is 5.83. The van der Waals surface area contributed by atoms with E-state index in [0.29, 0.717) is 19.1 Å². The van der Waals surface area contributed by atoms with Crippen molar-refractivity contribution in [1.82, 2.24) is 24.6 Å². The number of rotatable bonds is 7. The molecule has 1 aliphatic rings. The van der Waals surface area contributed by atoms with E-state index in [1.807, 2.05) is 30.5 Å². The Kier molecular flexibility index (Phi) is 6.22. The predicted octanol–water partition coefficient (Wildman–Crippen LogP) is 3.32. The fourth-order valence-electron chi connectivity index (χ4n) is 4.58. The number of fused-ring (bicyclic) bond motifs is 2. The summed E-state index contributed by atoms with van der Waals surface area (Å²) < 4.78 is 20.4. The van der Waals surface area contributed by atoms with Gasteiger partial charge in [0.1, 0.15) is 17.2 Å². The van der Waals surface area contributed by atoms with Crippen LogP contribution in [0.15, 0.2) is 55.0 Å². The molecule has 0 saturated carbocycles. The third-order valence-corrected chi connectivity index (χ3v) is 6.40. The number of methoxy groups -OCH3 is 1. The van der Waals surface area contributed by atoms with Gasteiger partial charge in [-0.1, -0.05) is 0 Å². The number of aliphatic hydroxyl groups is 1. The molecule has 4 aromatic rings. The summed E-state index contributed by atoms with van der Waals surface area (Å²) in [6.07, 6.45) is 6.46. The first kappa shape index (κ1) is 21.8. The summed E-state index contributed by atoms with van der Waals surface area (Å²) in [6, 6.07) is 11.1. The summed E-state index contributed by atoms with van der Waals surface area (Å²) in [5, 5.41) is 15.5. The number of hydrogen-bond donors (Lipinski definition) is 2. The number of aliphatic hydroxyl groups excluding tert-OH is 1. The van der Waals surface area contributed by atoms with Gasteiger partial charge in [0.05, 0.1) is 24.4 Å². The number of pyridine rings is 2. The van der Waals surface area contributed by atoms with E-state index in [0.717, 1.165) is 59.5 Å². The number of aromatic nitrogens is 3. The number of nitrogens with zero attached hydrogens (tertiary/aromatic N) is 4. The van der Waals surface area contributed by atoms with Crippen LogP contribution in [-0.4, -0.2) is 57.2 Å². The molecule has 1 aromatic carbocycles. The molecule has 0 unspecified atom stereocenters. The van der Waals surface area contributed by atoms with Crippen LogP contribution in [0.25, 0.3) is 16.6 Å². The number of nitrogens with one attached hydrogen (secondary N) is 1. The van der Waals surface area contributed by atoms with Gasteiger partial charge in [0, 0.05) is 43.1 Å². The zero-order valence-electron chi connectivity index (χ0n) is 18.6. The van der Waals surface area contributed by atoms with Crippen molar-refractivity contribution >= 4 is 16.6 Å². The molecule has 0 radical (unpaired) electrons. The molecule has 0 aliphatic carbocycles. The van der Waals surface area contributed by atoms with E-state index in [1.54, 1.807) is 23.8 Å². The Balaban J connectivity index is 1.15. The van der Waals surface area contributed by atoms with E-state index in [4.69, 9.17) is 4.74 Å². The van der Waals surface area contributed by atoms with E-state index in [9.17, 15) is 9.50 Å². The van der Waals surface area contributed by atoms with Gasteiger partial charge >= 0.3 is 0 Å². The highest BCUT2D eigenvalue weighted by Gasteiger charge is 2.22. The van der Waals surface area contributed by atoms with E-state index >= 15 is 0 Å². The van der Waals surface area contributed by atoms with Gasteiger partial charge in [-0.3, -0.25) is 4.98 Å². The molecule has 172 valence electrons. The van der Waals surface area contributed by atoms with Crippen molar-refractivity contribution in [2.75, 3.05) is 26.7 Å². The lowest BCUT2D eigenvalue weighted by Gasteiger charge is -2.33. The van der Waals surface area contributed by atoms with Crippen molar-refractivity contribution in [3.05, 3.63) is 72.1 Å². The number of piperidine rings is 1. The molecule has 33 heavy (non-hydrogen) atoms. The number of likely N-dealkylation sites (tertiary alicyclic amines) is 1. The minimum Gasteiger partial charge on any atom is -0.497 e. The van der Waals surface area contributed by atoms with E-state index in [2.05, 4.69) is 20.2 Å². The minimum atomic E-state index is -0.592. The molecular weight excluding hydrogens is 421 g/mol. The van der Waals surface area contributed by atoms with Crippen LogP contribution in [0.2, 0.25) is 0 Å². The number of imidazole rings is 1. The Hall–Kier alpha value is -3.07. The Morgan fingerprint density at radius 3 is 2.85 bits per heavy atom. The van der Waals surface area contributed by atoms with Gasteiger partial charge in [0.2, 0.25) is 0 Å². The largest absolute Gasteiger partial charge is 0.497 e. The van der Waals surface area contributed by atoms with Crippen molar-refractivity contribution in [2.24, 2.45) is 0 Å². The van der Waals surface area contributed by atoms with Gasteiger partial charge < -0.3 is 24.5 Å². The second kappa shape index (κ2) is 9.43. The highest BCUT2D eigenvalue weighted by Crippen LogP contribution is 2.27. The number of hydrogen-bond acceptors (Lipinski definition) is 6. The Morgan fingerprint density at radius 1 is 1.18 bits per heavy atom. The molecule has 1 saturated heterocycles. The van der Waals surface area contributed by atoms with Crippen molar-refractivity contribution in [3.63, 3.8) is 0 Å². The smallest absolute Gasteiger partial charge is 0.139 e. The summed E-state index contributed by atoms with van der Waals surface area (Å²) in [5.41, 5.74) is 3.38. The second-order valence-electron chi connectivity index (χ2n) is 8.60. The number of ether oxygens (including phenoxy) is 1. The van der Waals surface area contributed by atoms with Gasteiger partial charge in [0.25, 0.3) is 0 Å². The number of halogens is 1. The third kappa shape index (κ3) is 4.83. The van der Waals surface area contributed by atoms with E-state index < -0.39 is 6.10 Å². The maximum absolute atomic E-state index is 13.4. The normalized spacial score (nSPS) is 16.5. The fraction of sp³-hybridized carbons (Fsp3) is 0.360. The zero-order valence-corrected chi connectivity index (χ0v) is 18.6. The van der Waals surface area contributed by atoms with Crippen molar-refractivity contribution in [1.29, 1.82) is 0 Å². The van der Waals surface area contributed by atoms with Gasteiger partial charge in [0.15, 0.2) is 0 Å². The molecule has 0 bridgehead atoms. The van der Waals surface area contributed by atoms with Crippen LogP contribution in [0, 0.1) is 5.82 Å². The second-order valence-corrected chi connectivity index (χ2v) is 8.60. The maximum Gasteiger partial charge on any atom is 0.139 e. The lowest BCUT2D eigenvalue weighted by Crippen LogP contribution is -2.43. The number of benzene rings is 1. The molecule has 0 spiro atoms. The first-order chi connectivity index (χ1) is 16.1. The summed E-state index contributed by atoms with van der Waals surface area (Å²) in [4.78, 5) is 11.3. The standard InChI is InChI=1S/C25H28FN5O2/c1-33-20-3-4-23-22(12-20)21(6-9-27-23)24(32)16-30-10-7-18(8-11-30)28-13-19-15-31-14-17(26)2-5-25(31)29-19/h2-6,9,12,14-15,18,24,28,32H,7-8,10-11,13,16H2,1H3/t24-/m0/s1. The van der Waals surface area contributed by atoms with Crippen LogP contribution in [0.5, 0.6) is 5.75 Å². The van der Waals surface area contributed by atoms with Crippen LogP contribution in [0.1, 0.15) is 30.2 Å². The Labute approximate surface area is 191 Å². The van der Waals surface area contributed by atoms with E-state index in [-0.39, 0.29) is 5.82 Å². The molecule has 8 heteroatoms. The van der Waals surface area contributed by atoms with Crippen LogP contribution < -0.4 is 10.1 Å². The van der Waals surface area contributed by atoms with Crippen LogP contribution in [0.3, 0.4) is 0 Å². The Bertz CT molecular complexity index is 1250. The van der Waals surface area contributed by atoms with E-state index in [1.165, 1.54) is 12.3 Å². The predicted molar refractivity (Wildman–Crippen MR) is 125 cm³/mol. The minimum absolute atomic E-state index is 0.270. The lowest BCUT2D eigenvalue weighted by atomic mass is 10.0. The van der Waals surface area contributed by atoms with Crippen LogP contribution >= 0.6 is 0 Å². The monoisotopic (exact) mass is 449 g/mol. The SMILES string of the molecule is COc1ccc2nccc([C@@H](O)CN3CCC(NCc4cn5cc(F)ccc5n4)CC3)c2c1. The summed E-state index contributed by atoms with van der Waals surface area (Å²) in [5.74, 6) is 0.486. The lowest BCUT2D eigenvalue weighted by molar-refractivity contribution is 0.0948. The van der Waals surface area contributed by atoms with Crippen molar-refractivity contribution in [3.8, 4) is 5.75 Å². The third-order valence-electron chi connectivity index (χ3n) is 6.40. The molecule has 7 nitrogen and oxygen atoms in total. The fourth-order valence-corrected chi connectivity index (χ4v) is 4.58. The molecule has 3 aromatic heterocycles. The first-order valence-electron chi connectivity index (χ1n) is 11.3. The molecule has 0 amide bonds. The first-order valence-corrected chi connectivity index (χ1v) is 11.3. The molecule has 1 aliphatic heterocycles. The maximum atomic E-state index is 13.4. The van der Waals surface area contributed by atoms with Crippen LogP contribution in [0.4, 0.5) is 4.39 Å². The van der Waals surface area contributed by atoms with Gasteiger partial charge in [-0.25, -0.2) is 9.37 Å². The Morgan fingerprint density at radius 2 is 2.03 bits per heavy atom. The average molecular weight is 450 g/mol. The summed E-state index contributed by atoms with van der Waals surface area (Å²) in [6.45, 7) is 3.07. The van der Waals surface area contributed by atoms with Gasteiger partial charge in [-0.2, -0.15) is 0 Å². The summed E-state index contributed by atoms with van der Waals surface area (Å²) >= 11 is 0. The van der Waals surface area contributed by atoms with Crippen molar-refractivity contribution in [2.45, 2.75) is 31.5 Å². The quantitative estimate of drug-likeness (QED) is 0.451. The molecule has 1 fully saturated rings. The molecule has 4 heterocycles. The number of β-amino-alcohol motifs (C(OH)–C–C–N with tert-alkyl or cyclic N) is 1. The summed E-state index contributed by atoms with van der Waals surface area (Å²) in [7, 11) is 1.64. The topological polar surface area (TPSA) is 74.9 Å². The van der Waals surface area contributed by atoms with Gasteiger partial charge in [-0.15, -0.1) is 0 Å².